The molecule has 2 aromatic rings. The third-order valence-corrected chi connectivity index (χ3v) is 4.37. The smallest absolute Gasteiger partial charge is 0.212 e. The molecule has 3 N–H and O–H groups in total. The minimum absolute atomic E-state index is 0.00893. The van der Waals surface area contributed by atoms with Gasteiger partial charge in [0.05, 0.1) is 16.3 Å². The zero-order valence-corrected chi connectivity index (χ0v) is 14.5. The first-order valence-electron chi connectivity index (χ1n) is 7.43. The fourth-order valence-electron chi connectivity index (χ4n) is 2.41. The minimum atomic E-state index is -0.429. The van der Waals surface area contributed by atoms with Crippen molar-refractivity contribution in [2.24, 2.45) is 5.92 Å². The van der Waals surface area contributed by atoms with E-state index in [0.29, 0.717) is 17.9 Å². The third kappa shape index (κ3) is 4.01. The van der Waals surface area contributed by atoms with Crippen LogP contribution in [-0.2, 0) is 6.42 Å². The molecule has 0 aliphatic heterocycles. The van der Waals surface area contributed by atoms with E-state index in [-0.39, 0.29) is 32.9 Å². The standard InChI is InChI=1S/C17H19Cl2NO3/c1-9(2)4-3-5-10-14(21)7-6-11(15(10)22)16(23)13-8-12(18)17(19)20-13/h6-9,20-22H,3-5H2,1-2H3. The van der Waals surface area contributed by atoms with Gasteiger partial charge in [0.25, 0.3) is 0 Å². The molecule has 1 heterocycles. The number of phenolic OH excluding ortho intramolecular Hbond substituents is 2. The highest BCUT2D eigenvalue weighted by molar-refractivity contribution is 6.41. The number of halogens is 2. The van der Waals surface area contributed by atoms with Gasteiger partial charge in [-0.15, -0.1) is 0 Å². The summed E-state index contributed by atoms with van der Waals surface area (Å²) in [5.41, 5.74) is 0.686. The summed E-state index contributed by atoms with van der Waals surface area (Å²) < 4.78 is 0. The second kappa shape index (κ2) is 7.28. The number of carbonyl (C=O) groups is 1. The summed E-state index contributed by atoms with van der Waals surface area (Å²) >= 11 is 11.7. The van der Waals surface area contributed by atoms with E-state index in [1.165, 1.54) is 18.2 Å². The van der Waals surface area contributed by atoms with Crippen LogP contribution in [0.3, 0.4) is 0 Å². The number of ketones is 1. The van der Waals surface area contributed by atoms with Crippen LogP contribution in [0.25, 0.3) is 0 Å². The topological polar surface area (TPSA) is 73.3 Å². The van der Waals surface area contributed by atoms with Crippen LogP contribution in [0.1, 0.15) is 48.3 Å². The Labute approximate surface area is 145 Å². The molecule has 0 spiro atoms. The van der Waals surface area contributed by atoms with Crippen LogP contribution in [-0.4, -0.2) is 21.0 Å². The first-order valence-corrected chi connectivity index (χ1v) is 8.19. The summed E-state index contributed by atoms with van der Waals surface area (Å²) in [5.74, 6) is -0.0975. The molecule has 0 aliphatic carbocycles. The van der Waals surface area contributed by atoms with Crippen LogP contribution in [0, 0.1) is 5.92 Å². The quantitative estimate of drug-likeness (QED) is 0.642. The van der Waals surface area contributed by atoms with Crippen LogP contribution in [0.15, 0.2) is 18.2 Å². The summed E-state index contributed by atoms with van der Waals surface area (Å²) in [4.78, 5) is 15.2. The Morgan fingerprint density at radius 3 is 2.52 bits per heavy atom. The second-order valence-electron chi connectivity index (χ2n) is 5.92. The van der Waals surface area contributed by atoms with E-state index in [1.807, 2.05) is 0 Å². The lowest BCUT2D eigenvalue weighted by Gasteiger charge is -2.11. The van der Waals surface area contributed by atoms with Crippen LogP contribution in [0.2, 0.25) is 10.2 Å². The number of benzene rings is 1. The van der Waals surface area contributed by atoms with E-state index in [2.05, 4.69) is 18.8 Å². The number of rotatable bonds is 6. The van der Waals surface area contributed by atoms with Crippen molar-refractivity contribution in [2.75, 3.05) is 0 Å². The maximum absolute atomic E-state index is 12.5. The Kier molecular flexibility index (Phi) is 5.60. The highest BCUT2D eigenvalue weighted by Gasteiger charge is 2.21. The van der Waals surface area contributed by atoms with Gasteiger partial charge in [-0.05, 0) is 37.0 Å². The summed E-state index contributed by atoms with van der Waals surface area (Å²) in [6, 6.07) is 4.22. The normalized spacial score (nSPS) is 11.2. The molecule has 124 valence electrons. The van der Waals surface area contributed by atoms with E-state index < -0.39 is 5.78 Å². The van der Waals surface area contributed by atoms with E-state index in [9.17, 15) is 15.0 Å². The number of carbonyl (C=O) groups excluding carboxylic acids is 1. The molecular weight excluding hydrogens is 337 g/mol. The molecule has 23 heavy (non-hydrogen) atoms. The molecule has 1 aromatic heterocycles. The monoisotopic (exact) mass is 355 g/mol. The molecule has 0 saturated carbocycles. The maximum Gasteiger partial charge on any atom is 0.212 e. The number of hydrogen-bond acceptors (Lipinski definition) is 3. The van der Waals surface area contributed by atoms with Crippen molar-refractivity contribution in [3.63, 3.8) is 0 Å². The summed E-state index contributed by atoms with van der Waals surface area (Å²) in [6.45, 7) is 4.22. The van der Waals surface area contributed by atoms with E-state index in [4.69, 9.17) is 23.2 Å². The lowest BCUT2D eigenvalue weighted by Crippen LogP contribution is -2.04. The molecule has 0 aliphatic rings. The Morgan fingerprint density at radius 1 is 1.26 bits per heavy atom. The SMILES string of the molecule is CC(C)CCCc1c(O)ccc(C(=O)c2cc(Cl)c(Cl)[nH]2)c1O. The van der Waals surface area contributed by atoms with Gasteiger partial charge in [-0.2, -0.15) is 0 Å². The molecule has 0 radical (unpaired) electrons. The lowest BCUT2D eigenvalue weighted by molar-refractivity contribution is 0.103. The van der Waals surface area contributed by atoms with Crippen molar-refractivity contribution in [1.82, 2.24) is 4.98 Å². The fraction of sp³-hybridized carbons (Fsp3) is 0.353. The van der Waals surface area contributed by atoms with Gasteiger partial charge < -0.3 is 15.2 Å². The Hall–Kier alpha value is -1.65. The number of aromatic hydroxyl groups is 2. The molecule has 0 bridgehead atoms. The number of phenols is 2. The van der Waals surface area contributed by atoms with Crippen molar-refractivity contribution in [3.8, 4) is 11.5 Å². The molecule has 0 amide bonds. The van der Waals surface area contributed by atoms with Gasteiger partial charge in [-0.25, -0.2) is 0 Å². The van der Waals surface area contributed by atoms with Gasteiger partial charge in [0.15, 0.2) is 0 Å². The Morgan fingerprint density at radius 2 is 1.96 bits per heavy atom. The van der Waals surface area contributed by atoms with Gasteiger partial charge in [0.2, 0.25) is 5.78 Å². The Bertz CT molecular complexity index is 703. The first-order chi connectivity index (χ1) is 10.8. The predicted octanol–water partition coefficient (Wildman–Crippen LogP) is 4.94. The van der Waals surface area contributed by atoms with Crippen molar-refractivity contribution in [1.29, 1.82) is 0 Å². The lowest BCUT2D eigenvalue weighted by atomic mass is 9.97. The molecule has 2 rings (SSSR count). The summed E-state index contributed by atoms with van der Waals surface area (Å²) in [5, 5.41) is 20.8. The minimum Gasteiger partial charge on any atom is -0.508 e. The van der Waals surface area contributed by atoms with Crippen LogP contribution < -0.4 is 0 Å². The van der Waals surface area contributed by atoms with Crippen molar-refractivity contribution < 1.29 is 15.0 Å². The number of aromatic nitrogens is 1. The van der Waals surface area contributed by atoms with E-state index >= 15 is 0 Å². The van der Waals surface area contributed by atoms with Crippen LogP contribution in [0.5, 0.6) is 11.5 Å². The Balaban J connectivity index is 2.30. The second-order valence-corrected chi connectivity index (χ2v) is 6.70. The van der Waals surface area contributed by atoms with Crippen LogP contribution >= 0.6 is 23.2 Å². The summed E-state index contributed by atoms with van der Waals surface area (Å²) in [6.07, 6.45) is 2.29. The molecule has 0 saturated heterocycles. The first kappa shape index (κ1) is 17.7. The number of H-pyrrole nitrogens is 1. The van der Waals surface area contributed by atoms with Crippen molar-refractivity contribution in [3.05, 3.63) is 45.2 Å². The van der Waals surface area contributed by atoms with Crippen LogP contribution in [0.4, 0.5) is 0 Å². The largest absolute Gasteiger partial charge is 0.508 e. The van der Waals surface area contributed by atoms with Gasteiger partial charge in [0, 0.05) is 5.56 Å². The molecular formula is C17H19Cl2NO3. The van der Waals surface area contributed by atoms with Crippen molar-refractivity contribution in [2.45, 2.75) is 33.1 Å². The third-order valence-electron chi connectivity index (χ3n) is 3.68. The van der Waals surface area contributed by atoms with Gasteiger partial charge in [-0.1, -0.05) is 43.5 Å². The van der Waals surface area contributed by atoms with E-state index in [1.54, 1.807) is 0 Å². The zero-order chi connectivity index (χ0) is 17.1. The van der Waals surface area contributed by atoms with Crippen molar-refractivity contribution >= 4 is 29.0 Å². The van der Waals surface area contributed by atoms with Gasteiger partial charge in [-0.3, -0.25) is 4.79 Å². The maximum atomic E-state index is 12.5. The number of hydrogen-bond donors (Lipinski definition) is 3. The van der Waals surface area contributed by atoms with E-state index in [0.717, 1.165) is 12.8 Å². The molecule has 1 aromatic carbocycles. The fourth-order valence-corrected chi connectivity index (χ4v) is 2.73. The number of nitrogens with one attached hydrogen (secondary N) is 1. The molecule has 0 fully saturated rings. The average molecular weight is 356 g/mol. The average Bonchev–Trinajstić information content (AvgIpc) is 2.81. The highest BCUT2D eigenvalue weighted by Crippen LogP contribution is 2.34. The summed E-state index contributed by atoms with van der Waals surface area (Å²) in [7, 11) is 0. The highest BCUT2D eigenvalue weighted by atomic mass is 35.5. The van der Waals surface area contributed by atoms with Gasteiger partial charge in [0.1, 0.15) is 16.7 Å². The number of aromatic amines is 1. The predicted molar refractivity (Wildman–Crippen MR) is 91.8 cm³/mol. The zero-order valence-electron chi connectivity index (χ0n) is 13.0. The molecule has 0 unspecified atom stereocenters. The molecule has 0 atom stereocenters. The molecule has 6 heteroatoms. The molecule has 4 nitrogen and oxygen atoms in total. The van der Waals surface area contributed by atoms with Gasteiger partial charge >= 0.3 is 0 Å².